The molecule has 2 N–H and O–H groups in total. The zero-order valence-corrected chi connectivity index (χ0v) is 14.3. The highest BCUT2D eigenvalue weighted by Crippen LogP contribution is 2.38. The maximum atomic E-state index is 13.3. The third kappa shape index (κ3) is 3.70. The monoisotopic (exact) mass is 378 g/mol. The van der Waals surface area contributed by atoms with Crippen LogP contribution >= 0.6 is 11.3 Å². The average molecular weight is 378 g/mol. The predicted molar refractivity (Wildman–Crippen MR) is 93.3 cm³/mol. The number of nitrogens with zero attached hydrogens (tertiary/aromatic N) is 1. The predicted octanol–water partition coefficient (Wildman–Crippen LogP) is 5.10. The summed E-state index contributed by atoms with van der Waals surface area (Å²) in [6.45, 7) is 1.63. The fraction of sp³-hybridized carbons (Fsp3) is 0.111. The van der Waals surface area contributed by atoms with E-state index in [1.807, 2.05) is 0 Å². The smallest absolute Gasteiger partial charge is 0.435 e. The summed E-state index contributed by atoms with van der Waals surface area (Å²) in [6.07, 6.45) is -4.75. The van der Waals surface area contributed by atoms with Gasteiger partial charge in [-0.1, -0.05) is 30.3 Å². The number of amides is 1. The van der Waals surface area contributed by atoms with Gasteiger partial charge in [0.1, 0.15) is 15.6 Å². The fourth-order valence-corrected chi connectivity index (χ4v) is 3.32. The Balaban J connectivity index is 2.00. The molecule has 0 atom stereocenters. The van der Waals surface area contributed by atoms with Gasteiger partial charge >= 0.3 is 6.18 Å². The van der Waals surface area contributed by atoms with Crippen LogP contribution in [0.4, 0.5) is 18.9 Å². The Labute approximate surface area is 151 Å². The summed E-state index contributed by atoms with van der Waals surface area (Å²) in [6, 6.07) is 12.5. The van der Waals surface area contributed by atoms with Crippen LogP contribution in [0, 0.1) is 6.92 Å². The summed E-state index contributed by atoms with van der Waals surface area (Å²) < 4.78 is 40.0. The maximum absolute atomic E-state index is 13.3. The Kier molecular flexibility index (Phi) is 4.69. The van der Waals surface area contributed by atoms with Crippen molar-refractivity contribution in [3.63, 3.8) is 0 Å². The quantitative estimate of drug-likeness (QED) is 0.624. The lowest BCUT2D eigenvalue weighted by Crippen LogP contribution is -2.17. The molecule has 0 radical (unpaired) electrons. The molecule has 1 amide bonds. The standard InChI is InChI=1S/C18H13F3N2O2S/c1-10-9-12(24)7-8-13(10)22-16(25)14-15(18(19,20)21)23-17(26-14)11-5-3-2-4-6-11/h2-9,24H,1H3,(H,22,25). The largest absolute Gasteiger partial charge is 0.508 e. The number of rotatable bonds is 3. The van der Waals surface area contributed by atoms with Crippen molar-refractivity contribution in [1.82, 2.24) is 4.98 Å². The Morgan fingerprint density at radius 2 is 1.85 bits per heavy atom. The van der Waals surface area contributed by atoms with E-state index in [9.17, 15) is 23.1 Å². The van der Waals surface area contributed by atoms with Gasteiger partial charge in [0.25, 0.3) is 5.91 Å². The number of hydrogen-bond donors (Lipinski definition) is 2. The third-order valence-electron chi connectivity index (χ3n) is 3.58. The molecule has 0 unspecified atom stereocenters. The Morgan fingerprint density at radius 1 is 1.15 bits per heavy atom. The minimum atomic E-state index is -4.75. The molecule has 0 fully saturated rings. The molecule has 2 aromatic carbocycles. The van der Waals surface area contributed by atoms with E-state index in [0.717, 1.165) is 0 Å². The van der Waals surface area contributed by atoms with Gasteiger partial charge in [-0.3, -0.25) is 4.79 Å². The van der Waals surface area contributed by atoms with E-state index in [0.29, 0.717) is 28.2 Å². The van der Waals surface area contributed by atoms with Crippen molar-refractivity contribution in [3.05, 3.63) is 64.7 Å². The lowest BCUT2D eigenvalue weighted by molar-refractivity contribution is -0.140. The first-order chi connectivity index (χ1) is 12.3. The normalized spacial score (nSPS) is 11.4. The number of benzene rings is 2. The molecule has 0 aliphatic rings. The van der Waals surface area contributed by atoms with Crippen LogP contribution < -0.4 is 5.32 Å². The van der Waals surface area contributed by atoms with Crippen molar-refractivity contribution in [2.75, 3.05) is 5.32 Å². The van der Waals surface area contributed by atoms with Crippen molar-refractivity contribution in [2.45, 2.75) is 13.1 Å². The molecular weight excluding hydrogens is 365 g/mol. The molecule has 0 aliphatic carbocycles. The van der Waals surface area contributed by atoms with Crippen LogP contribution in [0.1, 0.15) is 20.9 Å². The topological polar surface area (TPSA) is 62.2 Å². The zero-order chi connectivity index (χ0) is 18.9. The van der Waals surface area contributed by atoms with Gasteiger partial charge in [-0.15, -0.1) is 11.3 Å². The number of anilines is 1. The van der Waals surface area contributed by atoms with Crippen molar-refractivity contribution in [2.24, 2.45) is 0 Å². The molecule has 0 saturated carbocycles. The lowest BCUT2D eigenvalue weighted by Gasteiger charge is -2.09. The molecule has 0 aliphatic heterocycles. The number of hydrogen-bond acceptors (Lipinski definition) is 4. The summed E-state index contributed by atoms with van der Waals surface area (Å²) in [4.78, 5) is 15.6. The summed E-state index contributed by atoms with van der Waals surface area (Å²) in [7, 11) is 0. The van der Waals surface area contributed by atoms with Gasteiger partial charge in [-0.25, -0.2) is 4.98 Å². The Bertz CT molecular complexity index is 953. The van der Waals surface area contributed by atoms with Crippen molar-refractivity contribution < 1.29 is 23.1 Å². The van der Waals surface area contributed by atoms with Gasteiger partial charge in [-0.05, 0) is 30.7 Å². The second-order valence-electron chi connectivity index (χ2n) is 5.51. The number of nitrogens with one attached hydrogen (secondary N) is 1. The fourth-order valence-electron chi connectivity index (χ4n) is 2.34. The van der Waals surface area contributed by atoms with Crippen LogP contribution in [0.5, 0.6) is 5.75 Å². The average Bonchev–Trinajstić information content (AvgIpc) is 3.04. The number of phenols is 1. The maximum Gasteiger partial charge on any atom is 0.435 e. The molecule has 8 heteroatoms. The minimum absolute atomic E-state index is 0.000587. The van der Waals surface area contributed by atoms with Crippen LogP contribution in [0.2, 0.25) is 0 Å². The molecule has 1 aromatic heterocycles. The van der Waals surface area contributed by atoms with E-state index in [4.69, 9.17) is 0 Å². The second-order valence-corrected chi connectivity index (χ2v) is 6.51. The van der Waals surface area contributed by atoms with Crippen LogP contribution in [-0.4, -0.2) is 16.0 Å². The molecule has 0 bridgehead atoms. The molecule has 4 nitrogen and oxygen atoms in total. The van der Waals surface area contributed by atoms with Gasteiger partial charge in [0, 0.05) is 11.3 Å². The van der Waals surface area contributed by atoms with E-state index in [1.54, 1.807) is 37.3 Å². The lowest BCUT2D eigenvalue weighted by atomic mass is 10.2. The molecule has 26 heavy (non-hydrogen) atoms. The highest BCUT2D eigenvalue weighted by Gasteiger charge is 2.39. The molecule has 1 heterocycles. The van der Waals surface area contributed by atoms with E-state index >= 15 is 0 Å². The molecule has 0 spiro atoms. The summed E-state index contributed by atoms with van der Waals surface area (Å²) >= 11 is 0.683. The number of carbonyl (C=O) groups excluding carboxylic acids is 1. The zero-order valence-electron chi connectivity index (χ0n) is 13.5. The number of thiazole rings is 1. The number of halogens is 3. The summed E-state index contributed by atoms with van der Waals surface area (Å²) in [5, 5.41) is 12.0. The van der Waals surface area contributed by atoms with Crippen molar-refractivity contribution in [3.8, 4) is 16.3 Å². The first kappa shape index (κ1) is 17.9. The van der Waals surface area contributed by atoms with Crippen molar-refractivity contribution in [1.29, 1.82) is 0 Å². The van der Waals surface area contributed by atoms with Crippen LogP contribution in [-0.2, 0) is 6.18 Å². The summed E-state index contributed by atoms with van der Waals surface area (Å²) in [5.74, 6) is -0.897. The highest BCUT2D eigenvalue weighted by atomic mass is 32.1. The highest BCUT2D eigenvalue weighted by molar-refractivity contribution is 7.17. The van der Waals surface area contributed by atoms with Gasteiger partial charge in [-0.2, -0.15) is 13.2 Å². The number of carbonyl (C=O) groups is 1. The molecule has 3 rings (SSSR count). The third-order valence-corrected chi connectivity index (χ3v) is 4.68. The van der Waals surface area contributed by atoms with E-state index in [-0.39, 0.29) is 10.8 Å². The molecule has 134 valence electrons. The Hall–Kier alpha value is -2.87. The number of phenolic OH excluding ortho intramolecular Hbond substituents is 1. The van der Waals surface area contributed by atoms with Gasteiger partial charge < -0.3 is 10.4 Å². The van der Waals surface area contributed by atoms with E-state index in [1.165, 1.54) is 18.2 Å². The van der Waals surface area contributed by atoms with E-state index < -0.39 is 22.7 Å². The number of aromatic hydroxyl groups is 1. The van der Waals surface area contributed by atoms with Crippen LogP contribution in [0.25, 0.3) is 10.6 Å². The Morgan fingerprint density at radius 3 is 2.46 bits per heavy atom. The SMILES string of the molecule is Cc1cc(O)ccc1NC(=O)c1sc(-c2ccccc2)nc1C(F)(F)F. The van der Waals surface area contributed by atoms with E-state index in [2.05, 4.69) is 10.3 Å². The second kappa shape index (κ2) is 6.80. The van der Waals surface area contributed by atoms with Crippen LogP contribution in [0.15, 0.2) is 48.5 Å². The van der Waals surface area contributed by atoms with Gasteiger partial charge in [0.15, 0.2) is 5.69 Å². The number of aromatic nitrogens is 1. The van der Waals surface area contributed by atoms with Crippen molar-refractivity contribution >= 4 is 22.9 Å². The summed E-state index contributed by atoms with van der Waals surface area (Å²) in [5.41, 5.74) is 0.133. The number of alkyl halides is 3. The van der Waals surface area contributed by atoms with Crippen LogP contribution in [0.3, 0.4) is 0 Å². The minimum Gasteiger partial charge on any atom is -0.508 e. The van der Waals surface area contributed by atoms with Gasteiger partial charge in [0.05, 0.1) is 0 Å². The first-order valence-corrected chi connectivity index (χ1v) is 8.32. The molecular formula is C18H13F3N2O2S. The molecule has 0 saturated heterocycles. The molecule has 3 aromatic rings. The number of aryl methyl sites for hydroxylation is 1. The van der Waals surface area contributed by atoms with Gasteiger partial charge in [0.2, 0.25) is 0 Å². The first-order valence-electron chi connectivity index (χ1n) is 7.50.